The first-order chi connectivity index (χ1) is 10.8. The maximum absolute atomic E-state index is 12.3. The minimum Gasteiger partial charge on any atom is -0.351 e. The Hall–Kier alpha value is -1.37. The lowest BCUT2D eigenvalue weighted by molar-refractivity contribution is 0.0951. The number of hydrogen-bond acceptors (Lipinski definition) is 5. The third-order valence-corrected chi connectivity index (χ3v) is 4.75. The quantitative estimate of drug-likeness (QED) is 0.546. The van der Waals surface area contributed by atoms with E-state index in [0.29, 0.717) is 6.54 Å². The molecule has 0 fully saturated rings. The Bertz CT molecular complexity index is 573. The predicted molar refractivity (Wildman–Crippen MR) is 93.6 cm³/mol. The highest BCUT2D eigenvalue weighted by Gasteiger charge is 2.11. The Morgan fingerprint density at radius 3 is 2.91 bits per heavy atom. The van der Waals surface area contributed by atoms with E-state index in [1.54, 1.807) is 23.1 Å². The van der Waals surface area contributed by atoms with Crippen molar-refractivity contribution >= 4 is 29.0 Å². The van der Waals surface area contributed by atoms with Crippen LogP contribution in [-0.2, 0) is 5.75 Å². The van der Waals surface area contributed by atoms with Crippen molar-refractivity contribution < 1.29 is 4.79 Å². The summed E-state index contributed by atoms with van der Waals surface area (Å²) in [6.07, 6.45) is 1.10. The van der Waals surface area contributed by atoms with Gasteiger partial charge in [0.2, 0.25) is 0 Å². The van der Waals surface area contributed by atoms with Crippen molar-refractivity contribution in [2.75, 3.05) is 19.6 Å². The van der Waals surface area contributed by atoms with Crippen LogP contribution in [0.4, 0.5) is 0 Å². The van der Waals surface area contributed by atoms with E-state index in [9.17, 15) is 4.79 Å². The van der Waals surface area contributed by atoms with Gasteiger partial charge >= 0.3 is 0 Å². The van der Waals surface area contributed by atoms with Crippen LogP contribution in [0.2, 0.25) is 0 Å². The number of benzene rings is 1. The standard InChI is InChI=1S/C16H21N3OS2/c1-2-7-17-8-9-18-16(20)14-5-3-4-6-15(14)22-11-13-10-21-12-19-13/h3-6,10,12,17H,2,7-9,11H2,1H3,(H,18,20). The summed E-state index contributed by atoms with van der Waals surface area (Å²) in [7, 11) is 0. The molecule has 0 unspecified atom stereocenters. The van der Waals surface area contributed by atoms with Crippen LogP contribution in [0.15, 0.2) is 40.1 Å². The van der Waals surface area contributed by atoms with E-state index in [0.717, 1.165) is 41.4 Å². The molecule has 1 aromatic heterocycles. The first-order valence-corrected chi connectivity index (χ1v) is 9.32. The number of nitrogens with zero attached hydrogens (tertiary/aromatic N) is 1. The molecule has 0 saturated carbocycles. The number of carbonyl (C=O) groups is 1. The van der Waals surface area contributed by atoms with Crippen LogP contribution in [0.25, 0.3) is 0 Å². The average molecular weight is 335 g/mol. The van der Waals surface area contributed by atoms with Gasteiger partial charge in [-0.3, -0.25) is 4.79 Å². The Kier molecular flexibility index (Phi) is 7.42. The average Bonchev–Trinajstić information content (AvgIpc) is 3.06. The number of hydrogen-bond donors (Lipinski definition) is 2. The Labute approximate surface area is 139 Å². The number of nitrogens with one attached hydrogen (secondary N) is 2. The van der Waals surface area contributed by atoms with Gasteiger partial charge in [-0.2, -0.15) is 0 Å². The van der Waals surface area contributed by atoms with Gasteiger partial charge in [0.05, 0.1) is 16.8 Å². The minimum absolute atomic E-state index is 0.0142. The molecule has 0 saturated heterocycles. The molecule has 0 bridgehead atoms. The van der Waals surface area contributed by atoms with Crippen LogP contribution in [0.3, 0.4) is 0 Å². The summed E-state index contributed by atoms with van der Waals surface area (Å²) in [5.41, 5.74) is 3.62. The topological polar surface area (TPSA) is 54.0 Å². The predicted octanol–water partition coefficient (Wildman–Crippen LogP) is 3.16. The van der Waals surface area contributed by atoms with Crippen LogP contribution >= 0.6 is 23.1 Å². The van der Waals surface area contributed by atoms with E-state index in [1.165, 1.54) is 0 Å². The zero-order valence-corrected chi connectivity index (χ0v) is 14.3. The van der Waals surface area contributed by atoms with E-state index in [-0.39, 0.29) is 5.91 Å². The summed E-state index contributed by atoms with van der Waals surface area (Å²) in [6, 6.07) is 7.72. The van der Waals surface area contributed by atoms with Crippen LogP contribution in [-0.4, -0.2) is 30.5 Å². The van der Waals surface area contributed by atoms with E-state index in [1.807, 2.05) is 35.2 Å². The molecule has 0 atom stereocenters. The lowest BCUT2D eigenvalue weighted by Gasteiger charge is -2.10. The molecule has 0 aliphatic rings. The molecular weight excluding hydrogens is 314 g/mol. The third kappa shape index (κ3) is 5.44. The van der Waals surface area contributed by atoms with Gasteiger partial charge in [0.15, 0.2) is 0 Å². The molecule has 0 aliphatic heterocycles. The Balaban J connectivity index is 1.88. The molecule has 0 spiro atoms. The van der Waals surface area contributed by atoms with Gasteiger partial charge in [0.1, 0.15) is 0 Å². The molecule has 0 radical (unpaired) electrons. The maximum Gasteiger partial charge on any atom is 0.252 e. The fourth-order valence-electron chi connectivity index (χ4n) is 1.90. The van der Waals surface area contributed by atoms with Gasteiger partial charge in [-0.05, 0) is 25.1 Å². The second-order valence-electron chi connectivity index (χ2n) is 4.77. The fraction of sp³-hybridized carbons (Fsp3) is 0.375. The zero-order valence-electron chi connectivity index (χ0n) is 12.7. The number of aromatic nitrogens is 1. The van der Waals surface area contributed by atoms with Gasteiger partial charge in [-0.1, -0.05) is 19.1 Å². The Morgan fingerprint density at radius 2 is 2.14 bits per heavy atom. The van der Waals surface area contributed by atoms with Crippen molar-refractivity contribution in [1.82, 2.24) is 15.6 Å². The molecule has 2 aromatic rings. The molecule has 0 aliphatic carbocycles. The summed E-state index contributed by atoms with van der Waals surface area (Å²) in [6.45, 7) is 4.55. The lowest BCUT2D eigenvalue weighted by atomic mass is 10.2. The summed E-state index contributed by atoms with van der Waals surface area (Å²) < 4.78 is 0. The maximum atomic E-state index is 12.3. The number of thiazole rings is 1. The second-order valence-corrected chi connectivity index (χ2v) is 6.51. The highest BCUT2D eigenvalue weighted by molar-refractivity contribution is 7.98. The molecule has 2 N–H and O–H groups in total. The van der Waals surface area contributed by atoms with Gasteiger partial charge in [0, 0.05) is 29.1 Å². The highest BCUT2D eigenvalue weighted by Crippen LogP contribution is 2.26. The van der Waals surface area contributed by atoms with Crippen molar-refractivity contribution in [3.05, 3.63) is 46.4 Å². The molecule has 4 nitrogen and oxygen atoms in total. The minimum atomic E-state index is -0.0142. The van der Waals surface area contributed by atoms with Crippen molar-refractivity contribution in [2.45, 2.75) is 24.0 Å². The first kappa shape index (κ1) is 17.0. The van der Waals surface area contributed by atoms with Crippen molar-refractivity contribution in [3.8, 4) is 0 Å². The number of carbonyl (C=O) groups excluding carboxylic acids is 1. The third-order valence-electron chi connectivity index (χ3n) is 3.00. The zero-order chi connectivity index (χ0) is 15.6. The molecule has 22 heavy (non-hydrogen) atoms. The van der Waals surface area contributed by atoms with E-state index < -0.39 is 0 Å². The largest absolute Gasteiger partial charge is 0.351 e. The molecule has 118 valence electrons. The molecule has 6 heteroatoms. The number of amides is 1. The monoisotopic (exact) mass is 335 g/mol. The summed E-state index contributed by atoms with van der Waals surface area (Å²) >= 11 is 3.24. The molecule has 1 amide bonds. The Morgan fingerprint density at radius 1 is 1.27 bits per heavy atom. The number of thioether (sulfide) groups is 1. The number of rotatable bonds is 9. The van der Waals surface area contributed by atoms with Crippen molar-refractivity contribution in [1.29, 1.82) is 0 Å². The lowest BCUT2D eigenvalue weighted by Crippen LogP contribution is -2.32. The van der Waals surface area contributed by atoms with Crippen LogP contribution in [0.1, 0.15) is 29.4 Å². The van der Waals surface area contributed by atoms with Crippen LogP contribution in [0, 0.1) is 0 Å². The smallest absolute Gasteiger partial charge is 0.252 e. The van der Waals surface area contributed by atoms with Crippen LogP contribution < -0.4 is 10.6 Å². The molecule has 1 aromatic carbocycles. The molecular formula is C16H21N3OS2. The van der Waals surface area contributed by atoms with E-state index >= 15 is 0 Å². The van der Waals surface area contributed by atoms with E-state index in [4.69, 9.17) is 0 Å². The van der Waals surface area contributed by atoms with Gasteiger partial charge in [-0.25, -0.2) is 4.98 Å². The van der Waals surface area contributed by atoms with E-state index in [2.05, 4.69) is 22.5 Å². The van der Waals surface area contributed by atoms with Gasteiger partial charge < -0.3 is 10.6 Å². The second kappa shape index (κ2) is 9.61. The van der Waals surface area contributed by atoms with Crippen molar-refractivity contribution in [2.24, 2.45) is 0 Å². The first-order valence-electron chi connectivity index (χ1n) is 7.39. The highest BCUT2D eigenvalue weighted by atomic mass is 32.2. The van der Waals surface area contributed by atoms with Crippen molar-refractivity contribution in [3.63, 3.8) is 0 Å². The van der Waals surface area contributed by atoms with Gasteiger partial charge in [-0.15, -0.1) is 23.1 Å². The molecule has 2 rings (SSSR count). The summed E-state index contributed by atoms with van der Waals surface area (Å²) in [5, 5.41) is 8.27. The van der Waals surface area contributed by atoms with Crippen LogP contribution in [0.5, 0.6) is 0 Å². The summed E-state index contributed by atoms with van der Waals surface area (Å²) in [4.78, 5) is 17.6. The van der Waals surface area contributed by atoms with Gasteiger partial charge in [0.25, 0.3) is 5.91 Å². The summed E-state index contributed by atoms with van der Waals surface area (Å²) in [5.74, 6) is 0.769. The fourth-order valence-corrected chi connectivity index (χ4v) is 3.52. The SMILES string of the molecule is CCCNCCNC(=O)c1ccccc1SCc1cscn1. The molecule has 1 heterocycles. The normalized spacial score (nSPS) is 10.6.